The van der Waals surface area contributed by atoms with Crippen LogP contribution in [0.1, 0.15) is 236 Å². The average molecular weight is 1120 g/mol. The fourth-order valence-corrected chi connectivity index (χ4v) is 10.3. The Labute approximate surface area is 475 Å². The summed E-state index contributed by atoms with van der Waals surface area (Å²) in [4.78, 5) is 114. The van der Waals surface area contributed by atoms with Crippen LogP contribution >= 0.6 is 0 Å². The maximum Gasteiger partial charge on any atom is 0.331 e. The quantitative estimate of drug-likeness (QED) is 0.0205. The number of rotatable bonds is 30. The van der Waals surface area contributed by atoms with Gasteiger partial charge in [0.25, 0.3) is 0 Å². The smallest absolute Gasteiger partial charge is 0.331 e. The van der Waals surface area contributed by atoms with Gasteiger partial charge in [0.05, 0.1) is 18.6 Å². The number of ether oxygens (including phenoxy) is 2. The lowest BCUT2D eigenvalue weighted by molar-refractivity contribution is -0.158. The first kappa shape index (κ1) is 70.5. The molecular formula is C61H109N7O11. The Bertz CT molecular complexity index is 1860. The van der Waals surface area contributed by atoms with E-state index in [4.69, 9.17) is 9.47 Å². The van der Waals surface area contributed by atoms with Crippen molar-refractivity contribution in [1.82, 2.24) is 36.8 Å². The minimum Gasteiger partial charge on any atom is -0.460 e. The number of hydrogen-bond donors (Lipinski definition) is 7. The SMILES string of the molecule is CCCCCCCCC=CCCCCCCCCCCCCCCCC1CC(=O)NC(C(C)O)C(=O)NC(C(C)C)C(=O)NC(C)C(=O)N2CCCC2C(=O)NC(C(C)CC)C(=O)NC(C(C)C)C(=O)NC(C(C)OC)C(=O)O1. The summed E-state index contributed by atoms with van der Waals surface area (Å²) in [6, 6.07) is -8.45. The Morgan fingerprint density at radius 3 is 1.49 bits per heavy atom. The van der Waals surface area contributed by atoms with Crippen molar-refractivity contribution >= 4 is 47.3 Å². The molecule has 0 saturated carbocycles. The summed E-state index contributed by atoms with van der Waals surface area (Å²) in [6.45, 7) is 17.4. The van der Waals surface area contributed by atoms with E-state index < -0.39 is 126 Å². The highest BCUT2D eigenvalue weighted by molar-refractivity contribution is 5.98. The molecule has 2 heterocycles. The van der Waals surface area contributed by atoms with Gasteiger partial charge in [0.2, 0.25) is 41.4 Å². The summed E-state index contributed by atoms with van der Waals surface area (Å²) in [5, 5.41) is 27.1. The highest BCUT2D eigenvalue weighted by Crippen LogP contribution is 2.22. The first-order chi connectivity index (χ1) is 37.7. The van der Waals surface area contributed by atoms with Crippen molar-refractivity contribution in [2.24, 2.45) is 17.8 Å². The number of hydrogen-bond acceptors (Lipinski definition) is 11. The van der Waals surface area contributed by atoms with Crippen LogP contribution in [0.5, 0.6) is 0 Å². The van der Waals surface area contributed by atoms with Crippen LogP contribution in [0, 0.1) is 17.8 Å². The van der Waals surface area contributed by atoms with Gasteiger partial charge in [-0.25, -0.2) is 4.79 Å². The van der Waals surface area contributed by atoms with E-state index in [0.29, 0.717) is 25.7 Å². The molecule has 18 nitrogen and oxygen atoms in total. The number of nitrogens with zero attached hydrogens (tertiary/aromatic N) is 1. The van der Waals surface area contributed by atoms with Crippen molar-refractivity contribution in [2.75, 3.05) is 13.7 Å². The van der Waals surface area contributed by atoms with Crippen molar-refractivity contribution in [3.8, 4) is 0 Å². The third-order valence-electron chi connectivity index (χ3n) is 15.8. The molecule has 2 fully saturated rings. The summed E-state index contributed by atoms with van der Waals surface area (Å²) >= 11 is 0. The number of unbranched alkanes of at least 4 members (excludes halogenated alkanes) is 19. The van der Waals surface area contributed by atoms with Gasteiger partial charge in [0.1, 0.15) is 42.4 Å². The molecule has 0 aromatic carbocycles. The number of cyclic esters (lactones) is 1. The van der Waals surface area contributed by atoms with Crippen LogP contribution in [-0.4, -0.2) is 132 Å². The summed E-state index contributed by atoms with van der Waals surface area (Å²) in [6.07, 6.45) is 27.6. The molecule has 0 aromatic heterocycles. The zero-order chi connectivity index (χ0) is 58.9. The van der Waals surface area contributed by atoms with E-state index in [2.05, 4.69) is 51.0 Å². The van der Waals surface area contributed by atoms with Gasteiger partial charge in [0, 0.05) is 13.7 Å². The number of aliphatic hydroxyl groups excluding tert-OH is 1. The number of carbonyl (C=O) groups excluding carboxylic acids is 8. The van der Waals surface area contributed by atoms with Gasteiger partial charge in [-0.15, -0.1) is 0 Å². The van der Waals surface area contributed by atoms with Crippen LogP contribution in [-0.2, 0) is 47.8 Å². The summed E-state index contributed by atoms with van der Waals surface area (Å²) in [5.74, 6) is -6.96. The largest absolute Gasteiger partial charge is 0.460 e. The number of nitrogens with one attached hydrogen (secondary N) is 6. The van der Waals surface area contributed by atoms with Gasteiger partial charge >= 0.3 is 5.97 Å². The normalized spacial score (nSPS) is 25.1. The van der Waals surface area contributed by atoms with E-state index in [0.717, 1.165) is 25.7 Å². The fraction of sp³-hybridized carbons (Fsp3) is 0.836. The molecule has 2 aliphatic heterocycles. The van der Waals surface area contributed by atoms with Crippen molar-refractivity contribution in [3.63, 3.8) is 0 Å². The molecule has 11 atom stereocenters. The number of fused-ring (bicyclic) bond motifs is 1. The van der Waals surface area contributed by atoms with Crippen molar-refractivity contribution in [2.45, 2.75) is 297 Å². The van der Waals surface area contributed by atoms with E-state index in [1.54, 1.807) is 41.5 Å². The van der Waals surface area contributed by atoms with Gasteiger partial charge in [-0.3, -0.25) is 33.6 Å². The number of amides is 7. The molecule has 454 valence electrons. The van der Waals surface area contributed by atoms with E-state index in [1.807, 2.05) is 6.92 Å². The molecule has 2 aliphatic rings. The third-order valence-corrected chi connectivity index (χ3v) is 15.8. The highest BCUT2D eigenvalue weighted by Gasteiger charge is 2.41. The second-order valence-corrected chi connectivity index (χ2v) is 23.4. The molecule has 79 heavy (non-hydrogen) atoms. The molecule has 0 spiro atoms. The summed E-state index contributed by atoms with van der Waals surface area (Å²) < 4.78 is 11.6. The predicted molar refractivity (Wildman–Crippen MR) is 310 cm³/mol. The summed E-state index contributed by atoms with van der Waals surface area (Å²) in [7, 11) is 1.37. The molecule has 2 rings (SSSR count). The topological polar surface area (TPSA) is 251 Å². The van der Waals surface area contributed by atoms with Crippen molar-refractivity contribution in [1.29, 1.82) is 0 Å². The van der Waals surface area contributed by atoms with Crippen LogP contribution < -0.4 is 31.9 Å². The molecule has 0 radical (unpaired) electrons. The van der Waals surface area contributed by atoms with Crippen LogP contribution in [0.25, 0.3) is 0 Å². The van der Waals surface area contributed by atoms with E-state index >= 15 is 0 Å². The first-order valence-corrected chi connectivity index (χ1v) is 30.9. The zero-order valence-electron chi connectivity index (χ0n) is 50.7. The van der Waals surface area contributed by atoms with E-state index in [-0.39, 0.29) is 19.4 Å². The minimum absolute atomic E-state index is 0.218. The Kier molecular flexibility index (Phi) is 35.5. The molecular weight excluding hydrogens is 1010 g/mol. The Hall–Kier alpha value is -4.58. The maximum absolute atomic E-state index is 14.2. The first-order valence-electron chi connectivity index (χ1n) is 30.9. The third kappa shape index (κ3) is 26.7. The number of allylic oxidation sites excluding steroid dienone is 2. The molecule has 0 bridgehead atoms. The molecule has 7 N–H and O–H groups in total. The standard InChI is InChI=1S/C61H109N7O11/c1-12-14-15-16-17-18-19-20-21-22-23-24-25-26-27-28-29-30-31-32-33-34-35-37-47-40-49(70)63-53(45(9)69)59(75)65-50(41(3)4)56(72)62-44(8)60(76)68-39-36-38-48(68)55(71)66-52(43(7)13-2)58(74)64-51(42(5)6)57(73)67-54(46(10)78-11)61(77)79-47/h20-21,41-48,50-54,69H,12-19,22-40H2,1-11H3,(H,62,72)(H,63,70)(H,64,74)(H,65,75)(H,66,71)(H,67,73). The number of aliphatic hydroxyl groups is 1. The Balaban J connectivity index is 2.23. The van der Waals surface area contributed by atoms with Gasteiger partial charge in [-0.05, 0) is 89.9 Å². The molecule has 7 amide bonds. The molecule has 18 heteroatoms. The number of carbonyl (C=O) groups is 8. The van der Waals surface area contributed by atoms with Crippen molar-refractivity contribution < 1.29 is 52.9 Å². The lowest BCUT2D eigenvalue weighted by Crippen LogP contribution is -2.61. The van der Waals surface area contributed by atoms with Gasteiger partial charge in [-0.2, -0.15) is 0 Å². The lowest BCUT2D eigenvalue weighted by Gasteiger charge is -2.32. The zero-order valence-corrected chi connectivity index (χ0v) is 50.7. The van der Waals surface area contributed by atoms with E-state index in [9.17, 15) is 43.5 Å². The number of methoxy groups -OCH3 is 1. The predicted octanol–water partition coefficient (Wildman–Crippen LogP) is 8.15. The monoisotopic (exact) mass is 1120 g/mol. The minimum atomic E-state index is -1.52. The second-order valence-electron chi connectivity index (χ2n) is 23.4. The maximum atomic E-state index is 14.2. The van der Waals surface area contributed by atoms with Gasteiger partial charge in [-0.1, -0.05) is 170 Å². The Morgan fingerprint density at radius 2 is 1.01 bits per heavy atom. The van der Waals surface area contributed by atoms with Crippen LogP contribution in [0.4, 0.5) is 0 Å². The van der Waals surface area contributed by atoms with Crippen LogP contribution in [0.2, 0.25) is 0 Å². The van der Waals surface area contributed by atoms with Crippen molar-refractivity contribution in [3.05, 3.63) is 12.2 Å². The molecule has 2 saturated heterocycles. The van der Waals surface area contributed by atoms with Crippen LogP contribution in [0.15, 0.2) is 12.2 Å². The Morgan fingerprint density at radius 1 is 0.570 bits per heavy atom. The average Bonchev–Trinajstić information content (AvgIpc) is 3.95. The van der Waals surface area contributed by atoms with E-state index in [1.165, 1.54) is 129 Å². The van der Waals surface area contributed by atoms with Crippen LogP contribution in [0.3, 0.4) is 0 Å². The molecule has 11 unspecified atom stereocenters. The molecule has 0 aromatic rings. The lowest BCUT2D eigenvalue weighted by atomic mass is 9.96. The van der Waals surface area contributed by atoms with Gasteiger partial charge in [0.15, 0.2) is 6.04 Å². The molecule has 0 aliphatic carbocycles. The fourth-order valence-electron chi connectivity index (χ4n) is 10.3. The highest BCUT2D eigenvalue weighted by atomic mass is 16.5. The van der Waals surface area contributed by atoms with Gasteiger partial charge < -0.3 is 51.4 Å². The second kappa shape index (κ2) is 39.8. The number of esters is 1. The summed E-state index contributed by atoms with van der Waals surface area (Å²) in [5.41, 5.74) is 0.